The van der Waals surface area contributed by atoms with E-state index in [1.807, 2.05) is 0 Å². The molecule has 2 rings (SSSR count). The van der Waals surface area contributed by atoms with E-state index in [-0.39, 0.29) is 18.2 Å². The SMILES string of the molecule is C=CCOc1cc(Cl)ccc1C(=O)CCN1CCCCC1.Cl. The Hall–Kier alpha value is -1.03. The van der Waals surface area contributed by atoms with Crippen molar-refractivity contribution >= 4 is 29.8 Å². The molecule has 1 heterocycles. The topological polar surface area (TPSA) is 29.5 Å². The van der Waals surface area contributed by atoms with Crippen molar-refractivity contribution in [3.8, 4) is 5.75 Å². The van der Waals surface area contributed by atoms with Crippen LogP contribution in [0.3, 0.4) is 0 Å². The van der Waals surface area contributed by atoms with E-state index in [2.05, 4.69) is 11.5 Å². The van der Waals surface area contributed by atoms with Crippen LogP contribution < -0.4 is 4.74 Å². The molecule has 0 aliphatic carbocycles. The Balaban J connectivity index is 0.00000242. The first-order chi connectivity index (χ1) is 10.2. The number of halogens is 2. The van der Waals surface area contributed by atoms with Crippen LogP contribution >= 0.6 is 24.0 Å². The maximum absolute atomic E-state index is 12.4. The summed E-state index contributed by atoms with van der Waals surface area (Å²) in [7, 11) is 0. The lowest BCUT2D eigenvalue weighted by molar-refractivity contribution is 0.0955. The zero-order valence-corrected chi connectivity index (χ0v) is 14.3. The second-order valence-electron chi connectivity index (χ2n) is 5.32. The Morgan fingerprint density at radius 1 is 1.32 bits per heavy atom. The van der Waals surface area contributed by atoms with Gasteiger partial charge < -0.3 is 9.64 Å². The highest BCUT2D eigenvalue weighted by molar-refractivity contribution is 6.30. The van der Waals surface area contributed by atoms with E-state index >= 15 is 0 Å². The van der Waals surface area contributed by atoms with Crippen LogP contribution in [-0.2, 0) is 0 Å². The smallest absolute Gasteiger partial charge is 0.167 e. The number of benzene rings is 1. The Bertz CT molecular complexity index is 499. The van der Waals surface area contributed by atoms with Gasteiger partial charge in [0, 0.05) is 18.0 Å². The summed E-state index contributed by atoms with van der Waals surface area (Å²) in [4.78, 5) is 14.8. The fraction of sp³-hybridized carbons (Fsp3) is 0.471. The second kappa shape index (κ2) is 9.88. The van der Waals surface area contributed by atoms with Gasteiger partial charge in [-0.1, -0.05) is 30.7 Å². The summed E-state index contributed by atoms with van der Waals surface area (Å²) in [5.74, 6) is 0.655. The lowest BCUT2D eigenvalue weighted by atomic mass is 10.1. The summed E-state index contributed by atoms with van der Waals surface area (Å²) in [6, 6.07) is 5.18. The van der Waals surface area contributed by atoms with Crippen LogP contribution in [0.15, 0.2) is 30.9 Å². The predicted molar refractivity (Wildman–Crippen MR) is 93.6 cm³/mol. The van der Waals surface area contributed by atoms with Crippen molar-refractivity contribution in [2.75, 3.05) is 26.2 Å². The molecule has 1 aromatic rings. The molecular formula is C17H23Cl2NO2. The van der Waals surface area contributed by atoms with Gasteiger partial charge in [0.1, 0.15) is 12.4 Å². The fourth-order valence-electron chi connectivity index (χ4n) is 2.57. The van der Waals surface area contributed by atoms with E-state index in [1.165, 1.54) is 19.3 Å². The van der Waals surface area contributed by atoms with Gasteiger partial charge in [0.2, 0.25) is 0 Å². The van der Waals surface area contributed by atoms with Crippen LogP contribution in [0.25, 0.3) is 0 Å². The maximum atomic E-state index is 12.4. The van der Waals surface area contributed by atoms with E-state index in [1.54, 1.807) is 24.3 Å². The van der Waals surface area contributed by atoms with E-state index in [0.29, 0.717) is 29.4 Å². The third-order valence-electron chi connectivity index (χ3n) is 3.70. The molecule has 0 atom stereocenters. The normalized spacial score (nSPS) is 15.0. The molecule has 0 N–H and O–H groups in total. The molecule has 1 fully saturated rings. The van der Waals surface area contributed by atoms with Crippen molar-refractivity contribution in [3.05, 3.63) is 41.4 Å². The zero-order valence-electron chi connectivity index (χ0n) is 12.7. The average Bonchev–Trinajstić information content (AvgIpc) is 2.51. The standard InChI is InChI=1S/C17H22ClNO2.ClH/c1-2-12-21-17-13-14(18)6-7-15(17)16(20)8-11-19-9-4-3-5-10-19;/h2,6-7,13H,1,3-5,8-12H2;1H. The predicted octanol–water partition coefficient (Wildman–Crippen LogP) is 4.39. The van der Waals surface area contributed by atoms with Crippen LogP contribution in [0.5, 0.6) is 5.75 Å². The molecular weight excluding hydrogens is 321 g/mol. The van der Waals surface area contributed by atoms with Crippen molar-refractivity contribution in [1.82, 2.24) is 4.90 Å². The van der Waals surface area contributed by atoms with E-state index in [9.17, 15) is 4.79 Å². The number of carbonyl (C=O) groups is 1. The van der Waals surface area contributed by atoms with Crippen molar-refractivity contribution in [3.63, 3.8) is 0 Å². The number of rotatable bonds is 7. The summed E-state index contributed by atoms with van der Waals surface area (Å²) < 4.78 is 5.54. The number of carbonyl (C=O) groups excluding carboxylic acids is 1. The number of ether oxygens (including phenoxy) is 1. The Labute approximate surface area is 143 Å². The summed E-state index contributed by atoms with van der Waals surface area (Å²) in [5, 5.41) is 0.571. The molecule has 1 aliphatic rings. The minimum absolute atomic E-state index is 0. The van der Waals surface area contributed by atoms with Crippen LogP contribution in [-0.4, -0.2) is 36.9 Å². The van der Waals surface area contributed by atoms with Gasteiger partial charge in [-0.2, -0.15) is 0 Å². The van der Waals surface area contributed by atoms with Crippen LogP contribution in [0.2, 0.25) is 5.02 Å². The minimum atomic E-state index is 0. The highest BCUT2D eigenvalue weighted by Crippen LogP contribution is 2.25. The monoisotopic (exact) mass is 343 g/mol. The van der Waals surface area contributed by atoms with Gasteiger partial charge in [0.15, 0.2) is 5.78 Å². The number of hydrogen-bond donors (Lipinski definition) is 0. The number of Topliss-reactive ketones (excluding diaryl/α,β-unsaturated/α-hetero) is 1. The van der Waals surface area contributed by atoms with Crippen LogP contribution in [0, 0.1) is 0 Å². The summed E-state index contributed by atoms with van der Waals surface area (Å²) in [5.41, 5.74) is 0.609. The molecule has 5 heteroatoms. The first-order valence-electron chi connectivity index (χ1n) is 7.49. The highest BCUT2D eigenvalue weighted by atomic mass is 35.5. The number of hydrogen-bond acceptors (Lipinski definition) is 3. The maximum Gasteiger partial charge on any atom is 0.167 e. The summed E-state index contributed by atoms with van der Waals surface area (Å²) in [6.07, 6.45) is 5.96. The molecule has 1 aliphatic heterocycles. The zero-order chi connectivity index (χ0) is 15.1. The molecule has 0 saturated carbocycles. The molecule has 0 bridgehead atoms. The summed E-state index contributed by atoms with van der Waals surface area (Å²) in [6.45, 7) is 7.02. The largest absolute Gasteiger partial charge is 0.489 e. The van der Waals surface area contributed by atoms with Crippen LogP contribution in [0.4, 0.5) is 0 Å². The van der Waals surface area contributed by atoms with E-state index in [4.69, 9.17) is 16.3 Å². The lowest BCUT2D eigenvalue weighted by Crippen LogP contribution is -2.31. The van der Waals surface area contributed by atoms with Gasteiger partial charge in [0.05, 0.1) is 5.56 Å². The average molecular weight is 344 g/mol. The Kier molecular flexibility index (Phi) is 8.54. The molecule has 122 valence electrons. The number of ketones is 1. The van der Waals surface area contributed by atoms with Crippen LogP contribution in [0.1, 0.15) is 36.0 Å². The molecule has 0 aromatic heterocycles. The van der Waals surface area contributed by atoms with Gasteiger partial charge in [0.25, 0.3) is 0 Å². The molecule has 0 unspecified atom stereocenters. The molecule has 0 amide bonds. The highest BCUT2D eigenvalue weighted by Gasteiger charge is 2.16. The molecule has 0 spiro atoms. The molecule has 1 aromatic carbocycles. The van der Waals surface area contributed by atoms with Crippen molar-refractivity contribution in [2.24, 2.45) is 0 Å². The van der Waals surface area contributed by atoms with Crippen molar-refractivity contribution in [2.45, 2.75) is 25.7 Å². The number of nitrogens with zero attached hydrogens (tertiary/aromatic N) is 1. The van der Waals surface area contributed by atoms with Gasteiger partial charge in [-0.05, 0) is 44.1 Å². The molecule has 0 radical (unpaired) electrons. The van der Waals surface area contributed by atoms with Crippen molar-refractivity contribution in [1.29, 1.82) is 0 Å². The van der Waals surface area contributed by atoms with Gasteiger partial charge in [-0.25, -0.2) is 0 Å². The number of likely N-dealkylation sites (tertiary alicyclic amines) is 1. The number of piperidine rings is 1. The summed E-state index contributed by atoms with van der Waals surface area (Å²) >= 11 is 5.97. The quantitative estimate of drug-likeness (QED) is 0.543. The third-order valence-corrected chi connectivity index (χ3v) is 3.94. The molecule has 3 nitrogen and oxygen atoms in total. The Morgan fingerprint density at radius 2 is 2.05 bits per heavy atom. The first-order valence-corrected chi connectivity index (χ1v) is 7.87. The first kappa shape index (κ1) is 19.0. The van der Waals surface area contributed by atoms with Gasteiger partial charge in [-0.15, -0.1) is 12.4 Å². The van der Waals surface area contributed by atoms with Crippen molar-refractivity contribution < 1.29 is 9.53 Å². The third kappa shape index (κ3) is 5.64. The minimum Gasteiger partial charge on any atom is -0.489 e. The van der Waals surface area contributed by atoms with Gasteiger partial charge >= 0.3 is 0 Å². The Morgan fingerprint density at radius 3 is 2.73 bits per heavy atom. The molecule has 1 saturated heterocycles. The van der Waals surface area contributed by atoms with Gasteiger partial charge in [-0.3, -0.25) is 4.79 Å². The molecule has 22 heavy (non-hydrogen) atoms. The fourth-order valence-corrected chi connectivity index (χ4v) is 2.73. The lowest BCUT2D eigenvalue weighted by Gasteiger charge is -2.26. The van der Waals surface area contributed by atoms with E-state index < -0.39 is 0 Å². The second-order valence-corrected chi connectivity index (χ2v) is 5.75. The van der Waals surface area contributed by atoms with E-state index in [0.717, 1.165) is 19.6 Å².